The first-order chi connectivity index (χ1) is 12.8. The fraction of sp³-hybridized carbons (Fsp3) is 0.353. The molecular weight excluding hydrogens is 354 g/mol. The largest absolute Gasteiger partial charge is 0.494 e. The summed E-state index contributed by atoms with van der Waals surface area (Å²) in [6.07, 6.45) is -0.126. The molecule has 0 amide bonds. The Labute approximate surface area is 154 Å². The Morgan fingerprint density at radius 2 is 1.81 bits per heavy atom. The maximum atomic E-state index is 12.2. The van der Waals surface area contributed by atoms with Crippen molar-refractivity contribution >= 4 is 34.4 Å². The van der Waals surface area contributed by atoms with Gasteiger partial charge in [0.2, 0.25) is 5.95 Å². The van der Waals surface area contributed by atoms with Crippen molar-refractivity contribution in [2.24, 2.45) is 5.41 Å². The fourth-order valence-electron chi connectivity index (χ4n) is 2.90. The van der Waals surface area contributed by atoms with Crippen LogP contribution in [0.25, 0.3) is 16.6 Å². The molecule has 10 heteroatoms. The molecule has 1 aromatic carbocycles. The third-order valence-corrected chi connectivity index (χ3v) is 4.34. The van der Waals surface area contributed by atoms with E-state index in [1.54, 1.807) is 18.2 Å². The van der Waals surface area contributed by atoms with Crippen LogP contribution in [0.15, 0.2) is 18.2 Å². The second-order valence-corrected chi connectivity index (χ2v) is 6.08. The summed E-state index contributed by atoms with van der Waals surface area (Å²) in [6, 6.07) is 5.35. The van der Waals surface area contributed by atoms with Crippen LogP contribution in [0.1, 0.15) is 12.7 Å². The molecule has 3 aromatic rings. The zero-order valence-corrected chi connectivity index (χ0v) is 15.3. The first kappa shape index (κ1) is 18.4. The van der Waals surface area contributed by atoms with E-state index < -0.39 is 17.4 Å². The summed E-state index contributed by atoms with van der Waals surface area (Å²) >= 11 is 0. The molecule has 0 aliphatic carbocycles. The lowest BCUT2D eigenvalue weighted by Gasteiger charge is -2.21. The normalized spacial score (nSPS) is 11.6. The number of carbonyl (C=O) groups is 2. The lowest BCUT2D eigenvalue weighted by atomic mass is 9.86. The Kier molecular flexibility index (Phi) is 4.56. The molecule has 0 spiro atoms. The highest BCUT2D eigenvalue weighted by Crippen LogP contribution is 2.29. The quantitative estimate of drug-likeness (QED) is 0.508. The van der Waals surface area contributed by atoms with Crippen molar-refractivity contribution in [3.05, 3.63) is 24.0 Å². The number of hydrogen-bond acceptors (Lipinski definition) is 9. The van der Waals surface area contributed by atoms with Crippen LogP contribution in [0.3, 0.4) is 0 Å². The molecule has 27 heavy (non-hydrogen) atoms. The lowest BCUT2D eigenvalue weighted by molar-refractivity contribution is -0.167. The van der Waals surface area contributed by atoms with Crippen molar-refractivity contribution in [3.63, 3.8) is 0 Å². The highest BCUT2D eigenvalue weighted by atomic mass is 16.5. The summed E-state index contributed by atoms with van der Waals surface area (Å²) in [7, 11) is 3.93. The van der Waals surface area contributed by atoms with Gasteiger partial charge in [-0.25, -0.2) is 9.97 Å². The standard InChI is InChI=1S/C17H19N5O5/c1-17(14(23)26-3,15(24)27-4)8-11-19-13-9-6-5-7-10(25-2)12(9)20-16(18)22(13)21-11/h5-7H,8H2,1-4H3,(H2,18,20). The molecule has 2 N–H and O–H groups in total. The van der Waals surface area contributed by atoms with Crippen LogP contribution >= 0.6 is 0 Å². The number of anilines is 1. The van der Waals surface area contributed by atoms with Crippen molar-refractivity contribution in [2.75, 3.05) is 27.1 Å². The van der Waals surface area contributed by atoms with E-state index in [2.05, 4.69) is 15.1 Å². The monoisotopic (exact) mass is 373 g/mol. The van der Waals surface area contributed by atoms with Gasteiger partial charge in [0.1, 0.15) is 11.3 Å². The zero-order valence-electron chi connectivity index (χ0n) is 15.3. The Morgan fingerprint density at radius 3 is 2.41 bits per heavy atom. The summed E-state index contributed by atoms with van der Waals surface area (Å²) in [6.45, 7) is 1.42. The van der Waals surface area contributed by atoms with Crippen molar-refractivity contribution < 1.29 is 23.8 Å². The first-order valence-corrected chi connectivity index (χ1v) is 8.00. The first-order valence-electron chi connectivity index (χ1n) is 8.00. The van der Waals surface area contributed by atoms with E-state index >= 15 is 0 Å². The van der Waals surface area contributed by atoms with Gasteiger partial charge >= 0.3 is 11.9 Å². The molecule has 0 saturated heterocycles. The number of aromatic nitrogens is 4. The minimum atomic E-state index is -1.59. The topological polar surface area (TPSA) is 131 Å². The van der Waals surface area contributed by atoms with Gasteiger partial charge in [0.25, 0.3) is 0 Å². The number of carbonyl (C=O) groups excluding carboxylic acids is 2. The second-order valence-electron chi connectivity index (χ2n) is 6.08. The number of fused-ring (bicyclic) bond motifs is 3. The molecule has 2 aromatic heterocycles. The van der Waals surface area contributed by atoms with Gasteiger partial charge in [-0.2, -0.15) is 4.52 Å². The number of para-hydroxylation sites is 1. The van der Waals surface area contributed by atoms with Crippen LogP contribution in [0.4, 0.5) is 5.95 Å². The highest BCUT2D eigenvalue weighted by Gasteiger charge is 2.45. The molecule has 0 aliphatic heterocycles. The second kappa shape index (κ2) is 6.71. The number of rotatable bonds is 5. The number of benzene rings is 1. The van der Waals surface area contributed by atoms with Crippen molar-refractivity contribution in [1.82, 2.24) is 19.6 Å². The van der Waals surface area contributed by atoms with Gasteiger partial charge in [0, 0.05) is 11.8 Å². The lowest BCUT2D eigenvalue weighted by Crippen LogP contribution is -2.40. The third-order valence-electron chi connectivity index (χ3n) is 4.34. The molecule has 0 aliphatic rings. The van der Waals surface area contributed by atoms with Gasteiger partial charge in [-0.1, -0.05) is 6.07 Å². The van der Waals surface area contributed by atoms with E-state index in [4.69, 9.17) is 19.9 Å². The number of nitrogens with zero attached hydrogens (tertiary/aromatic N) is 4. The predicted octanol–water partition coefficient (Wildman–Crippen LogP) is 0.763. The van der Waals surface area contributed by atoms with Crippen LogP contribution < -0.4 is 10.5 Å². The zero-order chi connectivity index (χ0) is 19.8. The summed E-state index contributed by atoms with van der Waals surface area (Å²) < 4.78 is 16.2. The molecule has 10 nitrogen and oxygen atoms in total. The van der Waals surface area contributed by atoms with Gasteiger partial charge in [0.05, 0.1) is 21.3 Å². The molecule has 2 heterocycles. The SMILES string of the molecule is COC(=O)C(C)(Cc1nc2c3cccc(OC)c3nc(N)n2n1)C(=O)OC. The Bertz CT molecular complexity index is 1030. The van der Waals surface area contributed by atoms with Crippen LogP contribution in [-0.2, 0) is 25.5 Å². The van der Waals surface area contributed by atoms with E-state index in [1.807, 2.05) is 0 Å². The number of hydrogen-bond donors (Lipinski definition) is 1. The number of esters is 2. The van der Waals surface area contributed by atoms with Crippen molar-refractivity contribution in [1.29, 1.82) is 0 Å². The molecule has 0 atom stereocenters. The fourth-order valence-corrected chi connectivity index (χ4v) is 2.90. The van der Waals surface area contributed by atoms with E-state index in [9.17, 15) is 9.59 Å². The molecule has 142 valence electrons. The summed E-state index contributed by atoms with van der Waals surface area (Å²) in [5, 5.41) is 4.96. The van der Waals surface area contributed by atoms with Crippen LogP contribution in [0.2, 0.25) is 0 Å². The van der Waals surface area contributed by atoms with Crippen LogP contribution in [0.5, 0.6) is 5.75 Å². The number of nitrogen functional groups attached to an aromatic ring is 1. The van der Waals surface area contributed by atoms with Gasteiger partial charge in [-0.3, -0.25) is 9.59 Å². The highest BCUT2D eigenvalue weighted by molar-refractivity contribution is 6.00. The van der Waals surface area contributed by atoms with Gasteiger partial charge in [0.15, 0.2) is 16.9 Å². The van der Waals surface area contributed by atoms with Crippen molar-refractivity contribution in [2.45, 2.75) is 13.3 Å². The molecular formula is C17H19N5O5. The van der Waals surface area contributed by atoms with Gasteiger partial charge in [-0.05, 0) is 19.1 Å². The van der Waals surface area contributed by atoms with Gasteiger partial charge in [-0.15, -0.1) is 5.10 Å². The molecule has 3 rings (SSSR count). The Hall–Kier alpha value is -3.43. The van der Waals surface area contributed by atoms with Crippen LogP contribution in [-0.4, -0.2) is 52.9 Å². The summed E-state index contributed by atoms with van der Waals surface area (Å²) in [5.41, 5.74) is 5.38. The third kappa shape index (κ3) is 2.88. The minimum absolute atomic E-state index is 0.0959. The van der Waals surface area contributed by atoms with Gasteiger partial charge < -0.3 is 19.9 Å². The maximum Gasteiger partial charge on any atom is 0.323 e. The average molecular weight is 373 g/mol. The van der Waals surface area contributed by atoms with E-state index in [1.165, 1.54) is 32.8 Å². The Balaban J connectivity index is 2.16. The van der Waals surface area contributed by atoms with E-state index in [0.717, 1.165) is 0 Å². The van der Waals surface area contributed by atoms with E-state index in [-0.39, 0.29) is 18.2 Å². The number of methoxy groups -OCH3 is 3. The Morgan fingerprint density at radius 1 is 1.15 bits per heavy atom. The predicted molar refractivity (Wildman–Crippen MR) is 95.1 cm³/mol. The van der Waals surface area contributed by atoms with Crippen LogP contribution in [0, 0.1) is 5.41 Å². The van der Waals surface area contributed by atoms with Crippen molar-refractivity contribution in [3.8, 4) is 5.75 Å². The molecule has 0 unspecified atom stereocenters. The molecule has 0 radical (unpaired) electrons. The minimum Gasteiger partial charge on any atom is -0.494 e. The van der Waals surface area contributed by atoms with E-state index in [0.29, 0.717) is 22.3 Å². The number of ether oxygens (including phenoxy) is 3. The average Bonchev–Trinajstić information content (AvgIpc) is 3.10. The summed E-state index contributed by atoms with van der Waals surface area (Å²) in [5.74, 6) is -0.632. The smallest absolute Gasteiger partial charge is 0.323 e. The maximum absolute atomic E-state index is 12.2. The number of nitrogens with two attached hydrogens (primary N) is 1. The molecule has 0 saturated carbocycles. The molecule has 0 fully saturated rings. The summed E-state index contributed by atoms with van der Waals surface area (Å²) in [4.78, 5) is 33.1. The molecule has 0 bridgehead atoms.